The Balaban J connectivity index is 1.53. The monoisotopic (exact) mass is 350 g/mol. The maximum atomic E-state index is 12.6. The van der Waals surface area contributed by atoms with Gasteiger partial charge in [-0.15, -0.1) is 11.8 Å². The Bertz CT molecular complexity index is 639. The van der Waals surface area contributed by atoms with Crippen molar-refractivity contribution in [1.29, 1.82) is 0 Å². The molecule has 3 rings (SSSR count). The molecule has 2 aromatic rings. The Morgan fingerprint density at radius 1 is 1.26 bits per heavy atom. The number of anilines is 1. The first-order valence-corrected chi connectivity index (χ1v) is 8.84. The van der Waals surface area contributed by atoms with Crippen molar-refractivity contribution in [2.75, 3.05) is 31.1 Å². The van der Waals surface area contributed by atoms with Gasteiger partial charge in [0.15, 0.2) is 0 Å². The van der Waals surface area contributed by atoms with Crippen LogP contribution >= 0.6 is 23.4 Å². The number of nitrogens with one attached hydrogen (secondary N) is 1. The van der Waals surface area contributed by atoms with E-state index in [1.165, 1.54) is 0 Å². The molecule has 5 nitrogen and oxygen atoms in total. The summed E-state index contributed by atoms with van der Waals surface area (Å²) in [5.74, 6) is 1.06. The Morgan fingerprint density at radius 3 is 2.57 bits per heavy atom. The van der Waals surface area contributed by atoms with Gasteiger partial charge in [-0.2, -0.15) is 0 Å². The number of piperazine rings is 1. The fourth-order valence-electron chi connectivity index (χ4n) is 2.59. The Labute approximate surface area is 145 Å². The van der Waals surface area contributed by atoms with Crippen LogP contribution in [0, 0.1) is 0 Å². The number of hydrogen-bond acceptors (Lipinski definition) is 4. The van der Waals surface area contributed by atoms with Crippen LogP contribution in [-0.2, 0) is 4.79 Å². The third kappa shape index (κ3) is 4.00. The lowest BCUT2D eigenvalue weighted by Gasteiger charge is -2.35. The summed E-state index contributed by atoms with van der Waals surface area (Å²) >= 11 is 7.46. The molecule has 7 heteroatoms. The molecule has 0 spiro atoms. The van der Waals surface area contributed by atoms with Crippen LogP contribution in [0.25, 0.3) is 0 Å². The molecule has 23 heavy (non-hydrogen) atoms. The summed E-state index contributed by atoms with van der Waals surface area (Å²) in [4.78, 5) is 25.1. The predicted octanol–water partition coefficient (Wildman–Crippen LogP) is 2.89. The summed E-state index contributed by atoms with van der Waals surface area (Å²) in [5.41, 5.74) is 0. The zero-order chi connectivity index (χ0) is 16.2. The van der Waals surface area contributed by atoms with Crippen molar-refractivity contribution < 1.29 is 4.79 Å². The van der Waals surface area contributed by atoms with Gasteiger partial charge < -0.3 is 14.8 Å². The van der Waals surface area contributed by atoms with Crippen LogP contribution in [0.15, 0.2) is 41.6 Å². The molecular formula is C16H19ClN4OS. The van der Waals surface area contributed by atoms with E-state index in [0.717, 1.165) is 37.0 Å². The summed E-state index contributed by atoms with van der Waals surface area (Å²) in [5, 5.41) is 0.605. The number of aromatic nitrogens is 2. The average molecular weight is 351 g/mol. The number of nitrogens with zero attached hydrogens (tertiary/aromatic N) is 3. The molecule has 1 unspecified atom stereocenters. The van der Waals surface area contributed by atoms with Crippen LogP contribution in [0.2, 0.25) is 5.02 Å². The van der Waals surface area contributed by atoms with Crippen LogP contribution in [0.5, 0.6) is 0 Å². The van der Waals surface area contributed by atoms with E-state index in [4.69, 9.17) is 11.6 Å². The first kappa shape index (κ1) is 16.2. The lowest BCUT2D eigenvalue weighted by Crippen LogP contribution is -2.51. The average Bonchev–Trinajstić information content (AvgIpc) is 3.11. The van der Waals surface area contributed by atoms with Gasteiger partial charge >= 0.3 is 0 Å². The second-order valence-corrected chi connectivity index (χ2v) is 7.29. The van der Waals surface area contributed by atoms with E-state index in [1.54, 1.807) is 18.0 Å². The minimum Gasteiger partial charge on any atom is -0.339 e. The van der Waals surface area contributed by atoms with Crippen molar-refractivity contribution in [3.05, 3.63) is 41.7 Å². The molecule has 1 fully saturated rings. The van der Waals surface area contributed by atoms with E-state index in [1.807, 2.05) is 42.3 Å². The largest absolute Gasteiger partial charge is 0.339 e. The number of H-pyrrole nitrogens is 1. The van der Waals surface area contributed by atoms with E-state index in [-0.39, 0.29) is 11.2 Å². The fraction of sp³-hybridized carbons (Fsp3) is 0.375. The summed E-state index contributed by atoms with van der Waals surface area (Å²) in [6.45, 7) is 5.02. The van der Waals surface area contributed by atoms with Gasteiger partial charge in [0.25, 0.3) is 0 Å². The van der Waals surface area contributed by atoms with Crippen molar-refractivity contribution >= 4 is 35.2 Å². The molecule has 1 atom stereocenters. The number of rotatable bonds is 4. The van der Waals surface area contributed by atoms with E-state index in [9.17, 15) is 4.79 Å². The number of thioether (sulfide) groups is 1. The minimum absolute atomic E-state index is 0.105. The van der Waals surface area contributed by atoms with E-state index in [2.05, 4.69) is 14.9 Å². The standard InChI is InChI=1S/C16H19ClN4OS/c1-12(23-14-4-2-13(17)3-5-14)15(22)20-8-10-21(11-9-20)16-18-6-7-19-16/h2-7,12H,8-11H2,1H3,(H,18,19). The van der Waals surface area contributed by atoms with Gasteiger partial charge in [-0.25, -0.2) is 4.98 Å². The van der Waals surface area contributed by atoms with Gasteiger partial charge in [-0.3, -0.25) is 4.79 Å². The minimum atomic E-state index is -0.105. The zero-order valence-electron chi connectivity index (χ0n) is 12.9. The smallest absolute Gasteiger partial charge is 0.235 e. The summed E-state index contributed by atoms with van der Waals surface area (Å²) in [6, 6.07) is 7.60. The molecule has 122 valence electrons. The highest BCUT2D eigenvalue weighted by atomic mass is 35.5. The summed E-state index contributed by atoms with van der Waals surface area (Å²) in [6.07, 6.45) is 3.56. The molecule has 1 aliphatic heterocycles. The molecule has 0 radical (unpaired) electrons. The molecule has 1 N–H and O–H groups in total. The lowest BCUT2D eigenvalue weighted by atomic mass is 10.3. The highest BCUT2D eigenvalue weighted by molar-refractivity contribution is 8.00. The summed E-state index contributed by atoms with van der Waals surface area (Å²) in [7, 11) is 0. The van der Waals surface area contributed by atoms with E-state index < -0.39 is 0 Å². The van der Waals surface area contributed by atoms with Crippen molar-refractivity contribution in [2.24, 2.45) is 0 Å². The normalized spacial score (nSPS) is 16.4. The quantitative estimate of drug-likeness (QED) is 0.861. The third-order valence-electron chi connectivity index (χ3n) is 3.85. The van der Waals surface area contributed by atoms with Crippen LogP contribution in [0.1, 0.15) is 6.92 Å². The number of halogens is 1. The number of hydrogen-bond donors (Lipinski definition) is 1. The maximum Gasteiger partial charge on any atom is 0.235 e. The second-order valence-electron chi connectivity index (χ2n) is 5.44. The molecule has 1 amide bonds. The molecule has 2 heterocycles. The van der Waals surface area contributed by atoms with E-state index in [0.29, 0.717) is 5.02 Å². The van der Waals surface area contributed by atoms with Gasteiger partial charge in [0, 0.05) is 48.5 Å². The van der Waals surface area contributed by atoms with E-state index >= 15 is 0 Å². The van der Waals surface area contributed by atoms with Crippen molar-refractivity contribution in [3.8, 4) is 0 Å². The topological polar surface area (TPSA) is 52.2 Å². The molecule has 0 saturated carbocycles. The molecule has 0 aliphatic carbocycles. The molecular weight excluding hydrogens is 332 g/mol. The number of amides is 1. The predicted molar refractivity (Wildman–Crippen MR) is 94.2 cm³/mol. The highest BCUT2D eigenvalue weighted by Gasteiger charge is 2.26. The van der Waals surface area contributed by atoms with Gasteiger partial charge in [0.2, 0.25) is 11.9 Å². The Hall–Kier alpha value is -1.66. The fourth-order valence-corrected chi connectivity index (χ4v) is 3.67. The number of carbonyl (C=O) groups is 1. The number of imidazole rings is 1. The molecule has 1 aliphatic rings. The molecule has 0 bridgehead atoms. The SMILES string of the molecule is CC(Sc1ccc(Cl)cc1)C(=O)N1CCN(c2ncc[nH]2)CC1. The first-order valence-electron chi connectivity index (χ1n) is 7.59. The molecule has 1 aromatic heterocycles. The number of aromatic amines is 1. The Morgan fingerprint density at radius 2 is 1.96 bits per heavy atom. The van der Waals surface area contributed by atoms with Crippen molar-refractivity contribution in [2.45, 2.75) is 17.1 Å². The molecule has 1 saturated heterocycles. The zero-order valence-corrected chi connectivity index (χ0v) is 14.5. The third-order valence-corrected chi connectivity index (χ3v) is 5.20. The van der Waals surface area contributed by atoms with Crippen LogP contribution in [0.3, 0.4) is 0 Å². The summed E-state index contributed by atoms with van der Waals surface area (Å²) < 4.78 is 0. The van der Waals surface area contributed by atoms with Crippen molar-refractivity contribution in [3.63, 3.8) is 0 Å². The van der Waals surface area contributed by atoms with Crippen molar-refractivity contribution in [1.82, 2.24) is 14.9 Å². The van der Waals surface area contributed by atoms with Gasteiger partial charge in [-0.05, 0) is 31.2 Å². The lowest BCUT2D eigenvalue weighted by molar-refractivity contribution is -0.130. The van der Waals surface area contributed by atoms with Crippen LogP contribution in [0.4, 0.5) is 5.95 Å². The first-order chi connectivity index (χ1) is 11.1. The van der Waals surface area contributed by atoms with Gasteiger partial charge in [0.05, 0.1) is 5.25 Å². The van der Waals surface area contributed by atoms with Gasteiger partial charge in [0.1, 0.15) is 0 Å². The Kier molecular flexibility index (Phi) is 5.13. The van der Waals surface area contributed by atoms with Gasteiger partial charge in [-0.1, -0.05) is 11.6 Å². The second kappa shape index (κ2) is 7.27. The number of carbonyl (C=O) groups excluding carboxylic acids is 1. The molecule has 1 aromatic carbocycles. The van der Waals surface area contributed by atoms with Crippen LogP contribution in [-0.4, -0.2) is 52.2 Å². The number of benzene rings is 1. The van der Waals surface area contributed by atoms with Crippen LogP contribution < -0.4 is 4.90 Å². The highest BCUT2D eigenvalue weighted by Crippen LogP contribution is 2.26. The maximum absolute atomic E-state index is 12.6.